The summed E-state index contributed by atoms with van der Waals surface area (Å²) in [6.45, 7) is -0.426. The summed E-state index contributed by atoms with van der Waals surface area (Å²) < 4.78 is 24.9. The van der Waals surface area contributed by atoms with Gasteiger partial charge in [0.1, 0.15) is 16.0 Å². The van der Waals surface area contributed by atoms with Crippen molar-refractivity contribution in [1.82, 2.24) is 4.90 Å². The minimum absolute atomic E-state index is 0.0440. The summed E-state index contributed by atoms with van der Waals surface area (Å²) in [5.74, 6) is -1.23. The van der Waals surface area contributed by atoms with Crippen LogP contribution in [-0.2, 0) is 4.79 Å². The number of nitrogens with zero attached hydrogens (tertiary/aromatic N) is 1. The zero-order valence-electron chi connectivity index (χ0n) is 12.1. The number of hydrogen-bond acceptors (Lipinski definition) is 4. The zero-order valence-corrected chi connectivity index (χ0v) is 13.6. The molecule has 1 fully saturated rings. The highest BCUT2D eigenvalue weighted by Gasteiger charge is 2.47. The molecule has 1 aliphatic rings. The van der Waals surface area contributed by atoms with Gasteiger partial charge in [-0.1, -0.05) is 0 Å². The monoisotopic (exact) mass is 375 g/mol. The van der Waals surface area contributed by atoms with E-state index >= 15 is 0 Å². The first-order valence-electron chi connectivity index (χ1n) is 6.45. The molecule has 1 amide bonds. The van der Waals surface area contributed by atoms with Crippen LogP contribution in [0.15, 0.2) is 16.6 Å². The summed E-state index contributed by atoms with van der Waals surface area (Å²) in [5.41, 5.74) is -2.15. The van der Waals surface area contributed by atoms with Gasteiger partial charge >= 0.3 is 5.97 Å². The van der Waals surface area contributed by atoms with Crippen LogP contribution in [-0.4, -0.2) is 54.9 Å². The molecule has 1 saturated heterocycles. The molecule has 1 aromatic rings. The summed E-state index contributed by atoms with van der Waals surface area (Å²) in [7, 11) is 2.89. The molecule has 22 heavy (non-hydrogen) atoms. The number of rotatable bonds is 4. The van der Waals surface area contributed by atoms with E-state index in [-0.39, 0.29) is 18.5 Å². The largest absolute Gasteiger partial charge is 0.495 e. The first kappa shape index (κ1) is 16.5. The Morgan fingerprint density at radius 3 is 2.27 bits per heavy atom. The topological polar surface area (TPSA) is 76.1 Å². The number of carboxylic acid groups (broad SMARTS) is 1. The third kappa shape index (κ3) is 2.87. The third-order valence-electron chi connectivity index (χ3n) is 3.58. The number of carboxylic acids is 1. The second-order valence-corrected chi connectivity index (χ2v) is 5.73. The Morgan fingerprint density at radius 1 is 1.32 bits per heavy atom. The number of carbonyl (C=O) groups is 2. The number of likely N-dealkylation sites (tertiary alicyclic amines) is 1. The van der Waals surface area contributed by atoms with Crippen LogP contribution in [0.3, 0.4) is 0 Å². The van der Waals surface area contributed by atoms with Gasteiger partial charge in [0.05, 0.1) is 20.8 Å². The highest BCUT2D eigenvalue weighted by Crippen LogP contribution is 2.36. The molecule has 6 nitrogen and oxygen atoms in total. The molecule has 0 aromatic heterocycles. The summed E-state index contributed by atoms with van der Waals surface area (Å²) in [4.78, 5) is 24.5. The van der Waals surface area contributed by atoms with Crippen LogP contribution in [0.25, 0.3) is 0 Å². The molecule has 1 heterocycles. The van der Waals surface area contributed by atoms with E-state index in [2.05, 4.69) is 15.9 Å². The van der Waals surface area contributed by atoms with E-state index in [9.17, 15) is 14.0 Å². The molecule has 1 N–H and O–H groups in total. The summed E-state index contributed by atoms with van der Waals surface area (Å²) >= 11 is 3.29. The van der Waals surface area contributed by atoms with Crippen molar-refractivity contribution < 1.29 is 28.6 Å². The first-order valence-corrected chi connectivity index (χ1v) is 7.25. The van der Waals surface area contributed by atoms with Gasteiger partial charge in [0.2, 0.25) is 5.67 Å². The van der Waals surface area contributed by atoms with Gasteiger partial charge in [-0.25, -0.2) is 9.18 Å². The molecular weight excluding hydrogens is 361 g/mol. The Labute approximate surface area is 134 Å². The maximum absolute atomic E-state index is 14.1. The van der Waals surface area contributed by atoms with Crippen molar-refractivity contribution in [3.8, 4) is 11.5 Å². The van der Waals surface area contributed by atoms with E-state index in [1.165, 1.54) is 31.3 Å². The van der Waals surface area contributed by atoms with Crippen LogP contribution in [0.4, 0.5) is 4.39 Å². The van der Waals surface area contributed by atoms with E-state index in [0.29, 0.717) is 16.0 Å². The van der Waals surface area contributed by atoms with E-state index in [0.717, 1.165) is 0 Å². The predicted molar refractivity (Wildman–Crippen MR) is 79.2 cm³/mol. The summed E-state index contributed by atoms with van der Waals surface area (Å²) in [5, 5.41) is 8.88. The number of aliphatic carboxylic acids is 1. The van der Waals surface area contributed by atoms with E-state index in [1.54, 1.807) is 0 Å². The Morgan fingerprint density at radius 2 is 1.86 bits per heavy atom. The predicted octanol–water partition coefficient (Wildman–Crippen LogP) is 2.11. The minimum Gasteiger partial charge on any atom is -0.495 e. The maximum Gasteiger partial charge on any atom is 0.343 e. The molecule has 0 saturated carbocycles. The second kappa shape index (κ2) is 6.12. The SMILES string of the molecule is COc1cc(C(=O)N2CCC(F)(C(=O)O)C2)cc(OC)c1Br. The Bertz CT molecular complexity index is 598. The number of carbonyl (C=O) groups excluding carboxylic acids is 1. The van der Waals surface area contributed by atoms with Crippen molar-refractivity contribution in [2.75, 3.05) is 27.3 Å². The fourth-order valence-electron chi connectivity index (χ4n) is 2.30. The third-order valence-corrected chi connectivity index (χ3v) is 4.36. The smallest absolute Gasteiger partial charge is 0.343 e. The van der Waals surface area contributed by atoms with Crippen LogP contribution in [0.1, 0.15) is 16.8 Å². The lowest BCUT2D eigenvalue weighted by Gasteiger charge is -2.19. The minimum atomic E-state index is -2.39. The molecule has 8 heteroatoms. The van der Waals surface area contributed by atoms with Gasteiger partial charge in [-0.15, -0.1) is 0 Å². The number of amides is 1. The number of halogens is 2. The lowest BCUT2D eigenvalue weighted by molar-refractivity contribution is -0.149. The summed E-state index contributed by atoms with van der Waals surface area (Å²) in [6, 6.07) is 2.99. The van der Waals surface area contributed by atoms with Gasteiger partial charge in [0.15, 0.2) is 0 Å². The Hall–Kier alpha value is -1.83. The van der Waals surface area contributed by atoms with Crippen molar-refractivity contribution >= 4 is 27.8 Å². The van der Waals surface area contributed by atoms with Crippen molar-refractivity contribution in [3.05, 3.63) is 22.2 Å². The highest BCUT2D eigenvalue weighted by atomic mass is 79.9. The molecule has 1 aliphatic heterocycles. The molecular formula is C14H15BrFNO5. The van der Waals surface area contributed by atoms with Crippen LogP contribution in [0.2, 0.25) is 0 Å². The standard InChI is InChI=1S/C14H15BrFNO5/c1-21-9-5-8(6-10(22-2)11(9)15)12(18)17-4-3-14(16,7-17)13(19)20/h5-6H,3-4,7H2,1-2H3,(H,19,20). The number of benzene rings is 1. The molecule has 0 spiro atoms. The molecule has 1 atom stereocenters. The highest BCUT2D eigenvalue weighted by molar-refractivity contribution is 9.10. The quantitative estimate of drug-likeness (QED) is 0.871. The molecule has 0 radical (unpaired) electrons. The van der Waals surface area contributed by atoms with Crippen LogP contribution in [0.5, 0.6) is 11.5 Å². The zero-order chi connectivity index (χ0) is 16.5. The van der Waals surface area contributed by atoms with Gasteiger partial charge in [0, 0.05) is 18.5 Å². The van der Waals surface area contributed by atoms with Gasteiger partial charge < -0.3 is 19.5 Å². The number of alkyl halides is 1. The van der Waals surface area contributed by atoms with E-state index in [4.69, 9.17) is 14.6 Å². The lowest BCUT2D eigenvalue weighted by Crippen LogP contribution is -2.38. The van der Waals surface area contributed by atoms with Crippen molar-refractivity contribution in [2.45, 2.75) is 12.1 Å². The van der Waals surface area contributed by atoms with Gasteiger partial charge in [-0.05, 0) is 28.1 Å². The van der Waals surface area contributed by atoms with Crippen LogP contribution < -0.4 is 9.47 Å². The number of ether oxygens (including phenoxy) is 2. The maximum atomic E-state index is 14.1. The summed E-state index contributed by atoms with van der Waals surface area (Å²) in [6.07, 6.45) is -0.223. The fraction of sp³-hybridized carbons (Fsp3) is 0.429. The Kier molecular flexibility index (Phi) is 4.60. The van der Waals surface area contributed by atoms with Gasteiger partial charge in [-0.2, -0.15) is 0 Å². The average molecular weight is 376 g/mol. The molecule has 2 rings (SSSR count). The van der Waals surface area contributed by atoms with Crippen LogP contribution in [0, 0.1) is 0 Å². The molecule has 1 unspecified atom stereocenters. The van der Waals surface area contributed by atoms with Gasteiger partial charge in [-0.3, -0.25) is 4.79 Å². The van der Waals surface area contributed by atoms with Crippen LogP contribution >= 0.6 is 15.9 Å². The molecule has 120 valence electrons. The fourth-order valence-corrected chi connectivity index (χ4v) is 2.85. The molecule has 1 aromatic carbocycles. The van der Waals surface area contributed by atoms with Crippen molar-refractivity contribution in [2.24, 2.45) is 0 Å². The number of hydrogen-bond donors (Lipinski definition) is 1. The average Bonchev–Trinajstić information content (AvgIpc) is 2.90. The number of methoxy groups -OCH3 is 2. The first-order chi connectivity index (χ1) is 10.3. The normalized spacial score (nSPS) is 20.8. The van der Waals surface area contributed by atoms with E-state index in [1.807, 2.05) is 0 Å². The molecule has 0 aliphatic carbocycles. The molecule has 0 bridgehead atoms. The van der Waals surface area contributed by atoms with Gasteiger partial charge in [0.25, 0.3) is 5.91 Å². The van der Waals surface area contributed by atoms with E-state index < -0.39 is 24.1 Å². The lowest BCUT2D eigenvalue weighted by atomic mass is 10.1. The second-order valence-electron chi connectivity index (χ2n) is 4.94. The van der Waals surface area contributed by atoms with Crippen molar-refractivity contribution in [1.29, 1.82) is 0 Å². The Balaban J connectivity index is 2.29. The van der Waals surface area contributed by atoms with Crippen molar-refractivity contribution in [3.63, 3.8) is 0 Å².